The molecule has 1 aliphatic rings. The van der Waals surface area contributed by atoms with Gasteiger partial charge in [-0.05, 0) is 19.1 Å². The number of rotatable bonds is 5. The van der Waals surface area contributed by atoms with Crippen molar-refractivity contribution in [3.8, 4) is 5.69 Å². The number of nitrogens with one attached hydrogen (secondary N) is 2. The van der Waals surface area contributed by atoms with Crippen LogP contribution in [0.5, 0.6) is 0 Å². The van der Waals surface area contributed by atoms with Crippen molar-refractivity contribution in [2.45, 2.75) is 33.1 Å². The molecule has 2 aromatic rings. The molecule has 8 nitrogen and oxygen atoms in total. The number of carbonyl (C=O) groups is 2. The third-order valence-electron chi connectivity index (χ3n) is 5.10. The van der Waals surface area contributed by atoms with Gasteiger partial charge in [0.1, 0.15) is 5.82 Å². The Kier molecular flexibility index (Phi) is 6.77. The van der Waals surface area contributed by atoms with Gasteiger partial charge in [-0.3, -0.25) is 9.69 Å². The second kappa shape index (κ2) is 9.30. The van der Waals surface area contributed by atoms with Gasteiger partial charge in [0, 0.05) is 44.2 Å². The predicted molar refractivity (Wildman–Crippen MR) is 118 cm³/mol. The maximum Gasteiger partial charge on any atom is 0.317 e. The Bertz CT molecular complexity index is 863. The number of amides is 3. The van der Waals surface area contributed by atoms with E-state index in [9.17, 15) is 9.59 Å². The molecule has 1 saturated heterocycles. The number of urea groups is 1. The molecule has 8 heteroatoms. The number of piperazine rings is 1. The van der Waals surface area contributed by atoms with Crippen molar-refractivity contribution in [3.63, 3.8) is 0 Å². The summed E-state index contributed by atoms with van der Waals surface area (Å²) in [5.74, 6) is 0.580. The van der Waals surface area contributed by atoms with Gasteiger partial charge in [0.05, 0.1) is 17.9 Å². The van der Waals surface area contributed by atoms with Gasteiger partial charge in [-0.15, -0.1) is 0 Å². The van der Waals surface area contributed by atoms with E-state index in [0.29, 0.717) is 38.5 Å². The third-order valence-corrected chi connectivity index (χ3v) is 5.10. The first kappa shape index (κ1) is 21.8. The molecular weight excluding hydrogens is 380 g/mol. The van der Waals surface area contributed by atoms with E-state index in [1.807, 2.05) is 43.3 Å². The topological polar surface area (TPSA) is 82.5 Å². The van der Waals surface area contributed by atoms with Crippen LogP contribution in [-0.2, 0) is 10.2 Å². The number of hydrogen-bond donors (Lipinski definition) is 2. The standard InChI is InChI=1S/C22H32N6O2/c1-5-23-21(30)27-13-11-26(12-14-27)16-20(29)24-19-15-18(22(2,3)4)25-28(19)17-9-7-6-8-10-17/h6-10,15H,5,11-14,16H2,1-4H3,(H,23,30)(H,24,29). The van der Waals surface area contributed by atoms with E-state index in [-0.39, 0.29) is 23.9 Å². The molecule has 0 spiro atoms. The SMILES string of the molecule is CCNC(=O)N1CCN(CC(=O)Nc2cc(C(C)(C)C)nn2-c2ccccc2)CC1. The van der Waals surface area contributed by atoms with Crippen LogP contribution in [0.25, 0.3) is 5.69 Å². The van der Waals surface area contributed by atoms with Gasteiger partial charge in [0.25, 0.3) is 0 Å². The van der Waals surface area contributed by atoms with Crippen molar-refractivity contribution in [1.82, 2.24) is 24.9 Å². The van der Waals surface area contributed by atoms with Gasteiger partial charge in [-0.25, -0.2) is 9.48 Å². The van der Waals surface area contributed by atoms with Crippen molar-refractivity contribution in [2.75, 3.05) is 44.6 Å². The minimum Gasteiger partial charge on any atom is -0.338 e. The van der Waals surface area contributed by atoms with Crippen LogP contribution in [0.1, 0.15) is 33.4 Å². The molecule has 0 saturated carbocycles. The van der Waals surface area contributed by atoms with Crippen LogP contribution in [0, 0.1) is 0 Å². The number of nitrogens with zero attached hydrogens (tertiary/aromatic N) is 4. The van der Waals surface area contributed by atoms with E-state index >= 15 is 0 Å². The number of anilines is 1. The third kappa shape index (κ3) is 5.38. The highest BCUT2D eigenvalue weighted by molar-refractivity contribution is 5.91. The molecule has 2 heterocycles. The zero-order valence-electron chi connectivity index (χ0n) is 18.3. The molecule has 1 fully saturated rings. The predicted octanol–water partition coefficient (Wildman–Crippen LogP) is 2.46. The van der Waals surface area contributed by atoms with E-state index in [0.717, 1.165) is 11.4 Å². The minimum absolute atomic E-state index is 0.0388. The molecular formula is C22H32N6O2. The fraction of sp³-hybridized carbons (Fsp3) is 0.500. The van der Waals surface area contributed by atoms with Crippen molar-refractivity contribution < 1.29 is 9.59 Å². The van der Waals surface area contributed by atoms with Crippen molar-refractivity contribution >= 4 is 17.8 Å². The van der Waals surface area contributed by atoms with Gasteiger partial charge in [-0.1, -0.05) is 39.0 Å². The fourth-order valence-corrected chi connectivity index (χ4v) is 3.36. The highest BCUT2D eigenvalue weighted by Crippen LogP contribution is 2.26. The van der Waals surface area contributed by atoms with E-state index in [1.165, 1.54) is 0 Å². The second-order valence-corrected chi connectivity index (χ2v) is 8.56. The average Bonchev–Trinajstić information content (AvgIpc) is 3.13. The zero-order valence-corrected chi connectivity index (χ0v) is 18.3. The molecule has 1 aromatic heterocycles. The van der Waals surface area contributed by atoms with Gasteiger partial charge in [0.2, 0.25) is 5.91 Å². The van der Waals surface area contributed by atoms with Crippen LogP contribution in [0.15, 0.2) is 36.4 Å². The maximum atomic E-state index is 12.8. The van der Waals surface area contributed by atoms with Gasteiger partial charge in [0.15, 0.2) is 0 Å². The smallest absolute Gasteiger partial charge is 0.317 e. The fourth-order valence-electron chi connectivity index (χ4n) is 3.36. The maximum absolute atomic E-state index is 12.8. The van der Waals surface area contributed by atoms with Gasteiger partial charge >= 0.3 is 6.03 Å². The lowest BCUT2D eigenvalue weighted by Gasteiger charge is -2.34. The molecule has 1 aromatic carbocycles. The summed E-state index contributed by atoms with van der Waals surface area (Å²) < 4.78 is 1.78. The molecule has 2 N–H and O–H groups in total. The molecule has 0 atom stereocenters. The lowest BCUT2D eigenvalue weighted by Crippen LogP contribution is -2.53. The summed E-state index contributed by atoms with van der Waals surface area (Å²) in [6.45, 7) is 11.7. The van der Waals surface area contributed by atoms with Crippen LogP contribution in [0.4, 0.5) is 10.6 Å². The summed E-state index contributed by atoms with van der Waals surface area (Å²) >= 11 is 0. The Labute approximate surface area is 178 Å². The summed E-state index contributed by atoms with van der Waals surface area (Å²) in [5.41, 5.74) is 1.69. The van der Waals surface area contributed by atoms with Crippen molar-refractivity contribution in [2.24, 2.45) is 0 Å². The highest BCUT2D eigenvalue weighted by atomic mass is 16.2. The summed E-state index contributed by atoms with van der Waals surface area (Å²) in [4.78, 5) is 28.5. The van der Waals surface area contributed by atoms with E-state index in [4.69, 9.17) is 5.10 Å². The van der Waals surface area contributed by atoms with Crippen LogP contribution in [0.3, 0.4) is 0 Å². The van der Waals surface area contributed by atoms with Crippen LogP contribution < -0.4 is 10.6 Å². The largest absolute Gasteiger partial charge is 0.338 e. The van der Waals surface area contributed by atoms with Crippen molar-refractivity contribution in [3.05, 3.63) is 42.1 Å². The Balaban J connectivity index is 1.65. The number of aromatic nitrogens is 2. The van der Waals surface area contributed by atoms with E-state index < -0.39 is 0 Å². The van der Waals surface area contributed by atoms with Gasteiger partial charge < -0.3 is 15.5 Å². The average molecular weight is 413 g/mol. The summed E-state index contributed by atoms with van der Waals surface area (Å²) in [6.07, 6.45) is 0. The molecule has 1 aliphatic heterocycles. The second-order valence-electron chi connectivity index (χ2n) is 8.56. The Morgan fingerprint density at radius 1 is 1.07 bits per heavy atom. The monoisotopic (exact) mass is 412 g/mol. The number of para-hydroxylation sites is 1. The Morgan fingerprint density at radius 2 is 1.73 bits per heavy atom. The quantitative estimate of drug-likeness (QED) is 0.790. The highest BCUT2D eigenvalue weighted by Gasteiger charge is 2.24. The lowest BCUT2D eigenvalue weighted by atomic mass is 9.92. The molecule has 0 bridgehead atoms. The molecule has 3 amide bonds. The van der Waals surface area contributed by atoms with E-state index in [2.05, 4.69) is 36.3 Å². The molecule has 30 heavy (non-hydrogen) atoms. The normalized spacial score (nSPS) is 15.1. The van der Waals surface area contributed by atoms with Crippen LogP contribution >= 0.6 is 0 Å². The number of hydrogen-bond acceptors (Lipinski definition) is 4. The zero-order chi connectivity index (χ0) is 21.7. The van der Waals surface area contributed by atoms with Crippen LogP contribution in [0.2, 0.25) is 0 Å². The molecule has 162 valence electrons. The first-order valence-corrected chi connectivity index (χ1v) is 10.5. The Morgan fingerprint density at radius 3 is 2.33 bits per heavy atom. The minimum atomic E-state index is -0.130. The summed E-state index contributed by atoms with van der Waals surface area (Å²) in [5, 5.41) is 10.6. The molecule has 0 aliphatic carbocycles. The molecule has 3 rings (SSSR count). The van der Waals surface area contributed by atoms with Gasteiger partial charge in [-0.2, -0.15) is 5.10 Å². The summed E-state index contributed by atoms with van der Waals surface area (Å²) in [6, 6.07) is 11.7. The molecule has 0 radical (unpaired) electrons. The summed E-state index contributed by atoms with van der Waals surface area (Å²) in [7, 11) is 0. The van der Waals surface area contributed by atoms with Crippen LogP contribution in [-0.4, -0.2) is 70.8 Å². The Hall–Kier alpha value is -2.87. The first-order valence-electron chi connectivity index (χ1n) is 10.5. The molecule has 0 unspecified atom stereocenters. The van der Waals surface area contributed by atoms with Crippen molar-refractivity contribution in [1.29, 1.82) is 0 Å². The number of carbonyl (C=O) groups excluding carboxylic acids is 2. The first-order chi connectivity index (χ1) is 14.3. The van der Waals surface area contributed by atoms with E-state index in [1.54, 1.807) is 9.58 Å². The lowest BCUT2D eigenvalue weighted by molar-refractivity contribution is -0.117. The number of benzene rings is 1.